The molecule has 0 bridgehead atoms. The van der Waals surface area contributed by atoms with Gasteiger partial charge in [0.25, 0.3) is 5.91 Å². The van der Waals surface area contributed by atoms with Gasteiger partial charge in [0.15, 0.2) is 11.5 Å². The van der Waals surface area contributed by atoms with E-state index in [1.165, 1.54) is 37.0 Å². The van der Waals surface area contributed by atoms with Crippen LogP contribution >= 0.6 is 11.3 Å². The Balaban J connectivity index is 1.45. The first-order chi connectivity index (χ1) is 15.2. The van der Waals surface area contributed by atoms with Crippen molar-refractivity contribution in [2.24, 2.45) is 0 Å². The van der Waals surface area contributed by atoms with Crippen molar-refractivity contribution < 1.29 is 14.3 Å². The lowest BCUT2D eigenvalue weighted by Crippen LogP contribution is -2.25. The Morgan fingerprint density at radius 1 is 1.03 bits per heavy atom. The smallest absolute Gasteiger partial charge is 0.268 e. The molecule has 8 nitrogen and oxygen atoms in total. The van der Waals surface area contributed by atoms with E-state index in [1.807, 2.05) is 30.5 Å². The van der Waals surface area contributed by atoms with Crippen molar-refractivity contribution >= 4 is 22.4 Å². The lowest BCUT2D eigenvalue weighted by atomic mass is 10.2. The predicted molar refractivity (Wildman–Crippen MR) is 121 cm³/mol. The molecule has 164 valence electrons. The van der Waals surface area contributed by atoms with E-state index in [9.17, 15) is 4.79 Å². The minimum Gasteiger partial charge on any atom is -0.493 e. The third-order valence-corrected chi connectivity index (χ3v) is 6.35. The number of hydrogen-bond acceptors (Lipinski definition) is 7. The highest BCUT2D eigenvalue weighted by atomic mass is 32.1. The van der Waals surface area contributed by atoms with Crippen molar-refractivity contribution in [1.82, 2.24) is 20.1 Å². The number of nitrogens with one attached hydrogen (secondary N) is 1. The molecule has 1 fully saturated rings. The molecule has 9 heteroatoms. The Kier molecular flexibility index (Phi) is 6.71. The minimum absolute atomic E-state index is 0.175. The van der Waals surface area contributed by atoms with Crippen molar-refractivity contribution in [2.45, 2.75) is 32.2 Å². The molecule has 0 atom stereocenters. The second-order valence-corrected chi connectivity index (χ2v) is 8.34. The molecule has 1 aliphatic heterocycles. The predicted octanol–water partition coefficient (Wildman–Crippen LogP) is 3.66. The summed E-state index contributed by atoms with van der Waals surface area (Å²) >= 11 is 1.52. The average Bonchev–Trinajstić information content (AvgIpc) is 3.41. The van der Waals surface area contributed by atoms with Crippen LogP contribution in [0.5, 0.6) is 11.5 Å². The fourth-order valence-electron chi connectivity index (χ4n) is 3.69. The van der Waals surface area contributed by atoms with Crippen LogP contribution in [0.3, 0.4) is 0 Å². The lowest BCUT2D eigenvalue weighted by molar-refractivity contribution is 0.0944. The van der Waals surface area contributed by atoms with Crippen molar-refractivity contribution in [2.75, 3.05) is 32.2 Å². The number of carbonyl (C=O) groups is 1. The molecule has 1 aromatic carbocycles. The van der Waals surface area contributed by atoms with Crippen molar-refractivity contribution in [1.29, 1.82) is 0 Å². The number of ether oxygens (including phenoxy) is 2. The number of rotatable bonds is 7. The number of nitrogens with zero attached hydrogens (tertiary/aromatic N) is 4. The summed E-state index contributed by atoms with van der Waals surface area (Å²) in [6.45, 7) is 2.40. The molecule has 0 spiro atoms. The summed E-state index contributed by atoms with van der Waals surface area (Å²) in [5.41, 5.74) is 1.45. The summed E-state index contributed by atoms with van der Waals surface area (Å²) in [4.78, 5) is 15.2. The fourth-order valence-corrected chi connectivity index (χ4v) is 4.59. The molecule has 1 saturated heterocycles. The normalized spacial score (nSPS) is 14.2. The molecule has 0 aliphatic carbocycles. The zero-order valence-electron chi connectivity index (χ0n) is 17.8. The van der Waals surface area contributed by atoms with Crippen LogP contribution in [0.15, 0.2) is 36.5 Å². The van der Waals surface area contributed by atoms with Gasteiger partial charge in [0.2, 0.25) is 10.3 Å². The fraction of sp³-hybridized carbons (Fsp3) is 0.409. The molecule has 0 unspecified atom stereocenters. The largest absolute Gasteiger partial charge is 0.493 e. The molecular formula is C22H27N5O3S. The quantitative estimate of drug-likeness (QED) is 0.603. The summed E-state index contributed by atoms with van der Waals surface area (Å²) < 4.78 is 12.4. The molecule has 4 rings (SSSR count). The number of hydrogen-bond donors (Lipinski definition) is 1. The second-order valence-electron chi connectivity index (χ2n) is 7.40. The number of methoxy groups -OCH3 is 2. The average molecular weight is 442 g/mol. The van der Waals surface area contributed by atoms with Crippen LogP contribution in [0.4, 0.5) is 5.13 Å². The highest BCUT2D eigenvalue weighted by Gasteiger charge is 2.18. The number of aromatic nitrogens is 3. The van der Waals surface area contributed by atoms with Crippen LogP contribution in [0.2, 0.25) is 0 Å². The summed E-state index contributed by atoms with van der Waals surface area (Å²) in [5, 5.41) is 13.3. The Bertz CT molecular complexity index is 1020. The topological polar surface area (TPSA) is 81.5 Å². The zero-order valence-corrected chi connectivity index (χ0v) is 18.7. The monoisotopic (exact) mass is 441 g/mol. The van der Waals surface area contributed by atoms with Crippen LogP contribution in [0.25, 0.3) is 5.13 Å². The maximum atomic E-state index is 12.9. The standard InChI is InChI=1S/C22H27N5O3S/c1-29-18-10-9-16(14-19(18)30-2)15-23-20(28)17-8-7-13-27(17)22-25-24-21(31-22)26-11-5-3-4-6-12-26/h7-10,13-14H,3-6,11-12,15H2,1-2H3,(H,23,28). The first-order valence-electron chi connectivity index (χ1n) is 10.4. The lowest BCUT2D eigenvalue weighted by Gasteiger charge is -2.17. The van der Waals surface area contributed by atoms with Gasteiger partial charge < -0.3 is 19.7 Å². The Hall–Kier alpha value is -3.07. The first kappa shape index (κ1) is 21.2. The SMILES string of the molecule is COc1ccc(CNC(=O)c2cccn2-c2nnc(N3CCCCCC3)s2)cc1OC. The summed E-state index contributed by atoms with van der Waals surface area (Å²) in [6.07, 6.45) is 6.75. The van der Waals surface area contributed by atoms with E-state index in [0.29, 0.717) is 28.9 Å². The van der Waals surface area contributed by atoms with Crippen LogP contribution < -0.4 is 19.7 Å². The Labute approximate surface area is 185 Å². The third kappa shape index (κ3) is 4.82. The molecule has 0 radical (unpaired) electrons. The van der Waals surface area contributed by atoms with Gasteiger partial charge >= 0.3 is 0 Å². The molecule has 3 aromatic rings. The zero-order chi connectivity index (χ0) is 21.6. The van der Waals surface area contributed by atoms with Gasteiger partial charge in [-0.05, 0) is 42.7 Å². The molecular weight excluding hydrogens is 414 g/mol. The van der Waals surface area contributed by atoms with E-state index in [-0.39, 0.29) is 5.91 Å². The van der Waals surface area contributed by atoms with E-state index in [4.69, 9.17) is 9.47 Å². The Morgan fingerprint density at radius 3 is 2.52 bits per heavy atom. The number of anilines is 1. The van der Waals surface area contributed by atoms with Crippen LogP contribution in [0.1, 0.15) is 41.7 Å². The van der Waals surface area contributed by atoms with Crippen LogP contribution in [-0.2, 0) is 6.54 Å². The van der Waals surface area contributed by atoms with E-state index in [0.717, 1.165) is 23.8 Å². The van der Waals surface area contributed by atoms with E-state index >= 15 is 0 Å². The Morgan fingerprint density at radius 2 is 1.77 bits per heavy atom. The maximum Gasteiger partial charge on any atom is 0.268 e. The van der Waals surface area contributed by atoms with Crippen molar-refractivity contribution in [3.63, 3.8) is 0 Å². The number of benzene rings is 1. The van der Waals surface area contributed by atoms with E-state index < -0.39 is 0 Å². The van der Waals surface area contributed by atoms with E-state index in [1.54, 1.807) is 24.9 Å². The van der Waals surface area contributed by atoms with Crippen molar-refractivity contribution in [3.8, 4) is 16.6 Å². The molecule has 3 heterocycles. The van der Waals surface area contributed by atoms with Gasteiger partial charge in [0.1, 0.15) is 5.69 Å². The van der Waals surface area contributed by atoms with Crippen LogP contribution in [-0.4, -0.2) is 48.0 Å². The van der Waals surface area contributed by atoms with E-state index in [2.05, 4.69) is 20.4 Å². The van der Waals surface area contributed by atoms with Gasteiger partial charge in [-0.15, -0.1) is 10.2 Å². The van der Waals surface area contributed by atoms with Gasteiger partial charge in [0, 0.05) is 25.8 Å². The molecule has 1 N–H and O–H groups in total. The number of amides is 1. The van der Waals surface area contributed by atoms with Gasteiger partial charge in [-0.1, -0.05) is 30.2 Å². The summed E-state index contributed by atoms with van der Waals surface area (Å²) in [7, 11) is 3.19. The van der Waals surface area contributed by atoms with Crippen LogP contribution in [0, 0.1) is 0 Å². The molecule has 0 saturated carbocycles. The first-order valence-corrected chi connectivity index (χ1v) is 11.3. The van der Waals surface area contributed by atoms with Gasteiger partial charge in [0.05, 0.1) is 14.2 Å². The third-order valence-electron chi connectivity index (χ3n) is 5.37. The van der Waals surface area contributed by atoms with Gasteiger partial charge in [-0.2, -0.15) is 0 Å². The molecule has 31 heavy (non-hydrogen) atoms. The number of carbonyl (C=O) groups excluding carboxylic acids is 1. The highest BCUT2D eigenvalue weighted by Crippen LogP contribution is 2.28. The van der Waals surface area contributed by atoms with Gasteiger partial charge in [-0.3, -0.25) is 9.36 Å². The second kappa shape index (κ2) is 9.82. The maximum absolute atomic E-state index is 12.9. The highest BCUT2D eigenvalue weighted by molar-refractivity contribution is 7.17. The minimum atomic E-state index is -0.175. The van der Waals surface area contributed by atoms with Crippen molar-refractivity contribution in [3.05, 3.63) is 47.8 Å². The summed E-state index contributed by atoms with van der Waals surface area (Å²) in [5.74, 6) is 1.11. The molecule has 2 aromatic heterocycles. The van der Waals surface area contributed by atoms with Gasteiger partial charge in [-0.25, -0.2) is 0 Å². The molecule has 1 aliphatic rings. The summed E-state index contributed by atoms with van der Waals surface area (Å²) in [6, 6.07) is 9.22. The molecule has 1 amide bonds.